The minimum absolute atomic E-state index is 0.116. The van der Waals surface area contributed by atoms with Crippen LogP contribution in [0.25, 0.3) is 0 Å². The van der Waals surface area contributed by atoms with Crippen molar-refractivity contribution < 1.29 is 22.6 Å². The van der Waals surface area contributed by atoms with Crippen molar-refractivity contribution in [3.8, 4) is 0 Å². The molecule has 10 heteroatoms. The van der Waals surface area contributed by atoms with Crippen molar-refractivity contribution in [1.29, 1.82) is 0 Å². The van der Waals surface area contributed by atoms with Crippen LogP contribution in [0.2, 0.25) is 0 Å². The van der Waals surface area contributed by atoms with Crippen molar-refractivity contribution in [3.05, 3.63) is 12.2 Å². The van der Waals surface area contributed by atoms with Gasteiger partial charge in [-0.3, -0.25) is 9.35 Å². The van der Waals surface area contributed by atoms with Crippen LogP contribution in [0.4, 0.5) is 4.79 Å². The lowest BCUT2D eigenvalue weighted by atomic mass is 10.0. The van der Waals surface area contributed by atoms with E-state index in [1.807, 2.05) is 12.2 Å². The van der Waals surface area contributed by atoms with Crippen LogP contribution in [-0.4, -0.2) is 71.9 Å². The Bertz CT molecular complexity index is 619. The molecule has 0 bridgehead atoms. The maximum Gasteiger partial charge on any atom is 0.362 e. The molecule has 3 heterocycles. The van der Waals surface area contributed by atoms with Crippen molar-refractivity contribution in [3.63, 3.8) is 0 Å². The Morgan fingerprint density at radius 1 is 1.41 bits per heavy atom. The summed E-state index contributed by atoms with van der Waals surface area (Å²) in [6.45, 7) is 1.82. The number of nitrogens with one attached hydrogen (secondary N) is 2. The lowest BCUT2D eigenvalue weighted by Crippen LogP contribution is -2.69. The van der Waals surface area contributed by atoms with Crippen molar-refractivity contribution in [2.75, 3.05) is 19.6 Å². The van der Waals surface area contributed by atoms with Crippen LogP contribution in [0.3, 0.4) is 0 Å². The van der Waals surface area contributed by atoms with E-state index in [-0.39, 0.29) is 18.6 Å². The smallest absolute Gasteiger partial charge is 0.332 e. The summed E-state index contributed by atoms with van der Waals surface area (Å²) >= 11 is 0. The second-order valence-electron chi connectivity index (χ2n) is 5.58. The van der Waals surface area contributed by atoms with Crippen LogP contribution in [0, 0.1) is 0 Å². The third-order valence-corrected chi connectivity index (χ3v) is 5.17. The number of likely N-dealkylation sites (tertiary alicyclic amines) is 1. The number of amides is 3. The summed E-state index contributed by atoms with van der Waals surface area (Å²) in [7, 11) is -4.54. The Labute approximate surface area is 128 Å². The molecule has 0 aromatic rings. The highest BCUT2D eigenvalue weighted by molar-refractivity contribution is 7.84. The highest BCUT2D eigenvalue weighted by Gasteiger charge is 2.60. The molecule has 3 aliphatic heterocycles. The first-order chi connectivity index (χ1) is 10.4. The molecule has 122 valence electrons. The molecule has 3 N–H and O–H groups in total. The van der Waals surface area contributed by atoms with Crippen LogP contribution in [0.5, 0.6) is 0 Å². The third-order valence-electron chi connectivity index (χ3n) is 4.22. The fourth-order valence-electron chi connectivity index (χ4n) is 3.18. The molecule has 0 aromatic heterocycles. The molecular weight excluding hydrogens is 312 g/mol. The molecule has 0 aliphatic carbocycles. The zero-order valence-corrected chi connectivity index (χ0v) is 12.6. The van der Waals surface area contributed by atoms with Gasteiger partial charge in [0.15, 0.2) is 0 Å². The Hall–Kier alpha value is -1.65. The zero-order chi connectivity index (χ0) is 15.9. The molecule has 3 amide bonds. The molecule has 0 radical (unpaired) electrons. The fraction of sp³-hybridized carbons (Fsp3) is 0.667. The minimum Gasteiger partial charge on any atom is -0.332 e. The topological polar surface area (TPSA) is 119 Å². The van der Waals surface area contributed by atoms with Crippen molar-refractivity contribution in [1.82, 2.24) is 19.8 Å². The van der Waals surface area contributed by atoms with Crippen molar-refractivity contribution in [2.45, 2.75) is 31.0 Å². The molecule has 22 heavy (non-hydrogen) atoms. The first-order valence-corrected chi connectivity index (χ1v) is 8.54. The highest BCUT2D eigenvalue weighted by Crippen LogP contribution is 2.35. The average Bonchev–Trinajstić information content (AvgIpc) is 2.60. The van der Waals surface area contributed by atoms with E-state index < -0.39 is 28.3 Å². The minimum atomic E-state index is -4.54. The van der Waals surface area contributed by atoms with Gasteiger partial charge < -0.3 is 15.5 Å². The molecule has 2 fully saturated rings. The summed E-state index contributed by atoms with van der Waals surface area (Å²) in [6.07, 6.45) is 4.92. The molecule has 3 rings (SSSR count). The van der Waals surface area contributed by atoms with Gasteiger partial charge >= 0.3 is 16.3 Å². The summed E-state index contributed by atoms with van der Waals surface area (Å²) in [5.74, 6) is -0.752. The molecular formula is C12H18N4O5S. The number of nitrogens with zero attached hydrogens (tertiary/aromatic N) is 2. The van der Waals surface area contributed by atoms with E-state index in [0.717, 1.165) is 19.5 Å². The monoisotopic (exact) mass is 330 g/mol. The fourth-order valence-corrected chi connectivity index (χ4v) is 4.08. The molecule has 3 aliphatic rings. The second-order valence-corrected chi connectivity index (χ2v) is 6.87. The number of rotatable bonds is 2. The van der Waals surface area contributed by atoms with Gasteiger partial charge in [0.25, 0.3) is 5.91 Å². The van der Waals surface area contributed by atoms with Crippen LogP contribution in [0.1, 0.15) is 12.8 Å². The lowest BCUT2D eigenvalue weighted by molar-refractivity contribution is -0.143. The Kier molecular flexibility index (Phi) is 3.83. The van der Waals surface area contributed by atoms with Gasteiger partial charge in [0, 0.05) is 13.1 Å². The molecule has 2 saturated heterocycles. The molecule has 0 unspecified atom stereocenters. The molecule has 3 atom stereocenters. The SMILES string of the molecule is O=C(N[C@H]1C=CCNCC1)N1CC[C@@H]2[C@H]1C(=O)N2S(=O)(=O)O. The molecule has 0 aromatic carbocycles. The van der Waals surface area contributed by atoms with Gasteiger partial charge in [-0.2, -0.15) is 8.42 Å². The predicted molar refractivity (Wildman–Crippen MR) is 76.2 cm³/mol. The van der Waals surface area contributed by atoms with Crippen molar-refractivity contribution >= 4 is 22.2 Å². The number of carbonyl (C=O) groups excluding carboxylic acids is 2. The first kappa shape index (κ1) is 15.3. The summed E-state index contributed by atoms with van der Waals surface area (Å²) in [5, 5.41) is 6.01. The number of carbonyl (C=O) groups is 2. The van der Waals surface area contributed by atoms with Gasteiger partial charge in [-0.25, -0.2) is 9.10 Å². The lowest BCUT2D eigenvalue weighted by Gasteiger charge is -2.42. The molecule has 0 spiro atoms. The highest BCUT2D eigenvalue weighted by atomic mass is 32.2. The van der Waals surface area contributed by atoms with Gasteiger partial charge in [0.05, 0.1) is 12.1 Å². The van der Waals surface area contributed by atoms with Crippen LogP contribution in [-0.2, 0) is 15.1 Å². The van der Waals surface area contributed by atoms with Gasteiger partial charge in [-0.05, 0) is 19.4 Å². The van der Waals surface area contributed by atoms with E-state index in [0.29, 0.717) is 10.7 Å². The molecule has 0 saturated carbocycles. The van der Waals surface area contributed by atoms with E-state index >= 15 is 0 Å². The second kappa shape index (κ2) is 5.52. The standard InChI is InChI=1S/C12H18N4O5S/c17-11-10-9(16(11)22(19,20)21)4-7-15(10)12(18)14-8-2-1-5-13-6-3-8/h1-2,8-10,13H,3-7H2,(H,14,18)(H,19,20,21)/t8-,9+,10-/m0/s1. The quantitative estimate of drug-likeness (QED) is 0.329. The predicted octanol–water partition coefficient (Wildman–Crippen LogP) is -1.30. The van der Waals surface area contributed by atoms with Crippen LogP contribution in [0.15, 0.2) is 12.2 Å². The van der Waals surface area contributed by atoms with E-state index in [1.165, 1.54) is 4.90 Å². The van der Waals surface area contributed by atoms with Crippen LogP contribution < -0.4 is 10.6 Å². The normalized spacial score (nSPS) is 31.5. The first-order valence-electron chi connectivity index (χ1n) is 7.15. The number of hydrogen-bond donors (Lipinski definition) is 3. The van der Waals surface area contributed by atoms with E-state index in [4.69, 9.17) is 4.55 Å². The third kappa shape index (κ3) is 2.57. The number of β-lactam (4-membered cyclic amide) rings is 1. The summed E-state index contributed by atoms with van der Waals surface area (Å²) < 4.78 is 31.7. The molecule has 9 nitrogen and oxygen atoms in total. The van der Waals surface area contributed by atoms with Gasteiger partial charge in [-0.1, -0.05) is 12.2 Å². The van der Waals surface area contributed by atoms with E-state index in [1.54, 1.807) is 0 Å². The maximum atomic E-state index is 12.3. The number of hydrogen-bond acceptors (Lipinski definition) is 5. The summed E-state index contributed by atoms with van der Waals surface area (Å²) in [6, 6.07) is -1.95. The van der Waals surface area contributed by atoms with Crippen LogP contribution >= 0.6 is 0 Å². The number of urea groups is 1. The number of fused-ring (bicyclic) bond motifs is 1. The Morgan fingerprint density at radius 2 is 2.18 bits per heavy atom. The van der Waals surface area contributed by atoms with E-state index in [9.17, 15) is 18.0 Å². The van der Waals surface area contributed by atoms with E-state index in [2.05, 4.69) is 10.6 Å². The largest absolute Gasteiger partial charge is 0.362 e. The Balaban J connectivity index is 1.65. The van der Waals surface area contributed by atoms with Gasteiger partial charge in [0.1, 0.15) is 6.04 Å². The van der Waals surface area contributed by atoms with Gasteiger partial charge in [-0.15, -0.1) is 0 Å². The van der Waals surface area contributed by atoms with Gasteiger partial charge in [0.2, 0.25) is 0 Å². The summed E-state index contributed by atoms with van der Waals surface area (Å²) in [5.41, 5.74) is 0. The maximum absolute atomic E-state index is 12.3. The zero-order valence-electron chi connectivity index (χ0n) is 11.8. The Morgan fingerprint density at radius 3 is 2.91 bits per heavy atom. The van der Waals surface area contributed by atoms with Crippen molar-refractivity contribution in [2.24, 2.45) is 0 Å². The summed E-state index contributed by atoms with van der Waals surface area (Å²) in [4.78, 5) is 25.5. The average molecular weight is 330 g/mol.